The molecule has 4 heteroatoms. The highest BCUT2D eigenvalue weighted by Crippen LogP contribution is 2.10. The molecular formula is C9H11FN2O. The van der Waals surface area contributed by atoms with Crippen molar-refractivity contribution in [3.8, 4) is 0 Å². The van der Waals surface area contributed by atoms with Gasteiger partial charge in [0, 0.05) is 6.42 Å². The minimum Gasteiger partial charge on any atom is -0.409 e. The fraction of sp³-hybridized carbons (Fsp3) is 0.222. The molecule has 1 rings (SSSR count). The second-order valence-electron chi connectivity index (χ2n) is 2.84. The van der Waals surface area contributed by atoms with Crippen LogP contribution in [0, 0.1) is 12.7 Å². The minimum atomic E-state index is -0.314. The van der Waals surface area contributed by atoms with E-state index >= 15 is 0 Å². The van der Waals surface area contributed by atoms with Crippen molar-refractivity contribution in [2.75, 3.05) is 0 Å². The molecule has 0 saturated carbocycles. The molecular weight excluding hydrogens is 171 g/mol. The number of oxime groups is 1. The molecule has 0 radical (unpaired) electrons. The molecule has 0 saturated heterocycles. The maximum absolute atomic E-state index is 12.8. The van der Waals surface area contributed by atoms with Gasteiger partial charge in [-0.1, -0.05) is 11.2 Å². The number of amidine groups is 1. The van der Waals surface area contributed by atoms with Crippen LogP contribution in [0.25, 0.3) is 0 Å². The first-order valence-corrected chi connectivity index (χ1v) is 3.85. The Morgan fingerprint density at radius 3 is 2.92 bits per heavy atom. The normalized spacial score (nSPS) is 11.7. The summed E-state index contributed by atoms with van der Waals surface area (Å²) in [4.78, 5) is 0. The SMILES string of the molecule is Cc1ccc(F)cc1C/C(N)=N/O. The summed E-state index contributed by atoms with van der Waals surface area (Å²) in [5.41, 5.74) is 6.96. The molecule has 0 heterocycles. The Bertz CT molecular complexity index is 336. The van der Waals surface area contributed by atoms with Crippen molar-refractivity contribution in [1.82, 2.24) is 0 Å². The van der Waals surface area contributed by atoms with E-state index in [1.165, 1.54) is 12.1 Å². The van der Waals surface area contributed by atoms with Crippen molar-refractivity contribution in [2.45, 2.75) is 13.3 Å². The van der Waals surface area contributed by atoms with Crippen LogP contribution in [0.15, 0.2) is 23.4 Å². The van der Waals surface area contributed by atoms with Gasteiger partial charge in [0.1, 0.15) is 11.7 Å². The van der Waals surface area contributed by atoms with Crippen molar-refractivity contribution >= 4 is 5.84 Å². The van der Waals surface area contributed by atoms with Crippen molar-refractivity contribution in [3.63, 3.8) is 0 Å². The highest BCUT2D eigenvalue weighted by atomic mass is 19.1. The van der Waals surface area contributed by atoms with E-state index in [1.54, 1.807) is 6.07 Å². The molecule has 0 aromatic heterocycles. The van der Waals surface area contributed by atoms with Crippen LogP contribution in [0.5, 0.6) is 0 Å². The lowest BCUT2D eigenvalue weighted by Crippen LogP contribution is -2.15. The predicted octanol–water partition coefficient (Wildman–Crippen LogP) is 1.42. The highest BCUT2D eigenvalue weighted by molar-refractivity contribution is 5.82. The summed E-state index contributed by atoms with van der Waals surface area (Å²) >= 11 is 0. The first-order valence-electron chi connectivity index (χ1n) is 3.85. The molecule has 0 aliphatic carbocycles. The van der Waals surface area contributed by atoms with Gasteiger partial charge in [-0.3, -0.25) is 0 Å². The van der Waals surface area contributed by atoms with Gasteiger partial charge in [0.25, 0.3) is 0 Å². The number of rotatable bonds is 2. The average Bonchev–Trinajstić information content (AvgIpc) is 2.11. The Balaban J connectivity index is 2.94. The zero-order valence-corrected chi connectivity index (χ0v) is 7.29. The van der Waals surface area contributed by atoms with Crippen LogP contribution < -0.4 is 5.73 Å². The number of hydrogen-bond donors (Lipinski definition) is 2. The number of nitrogens with zero attached hydrogens (tertiary/aromatic N) is 1. The van der Waals surface area contributed by atoms with E-state index < -0.39 is 0 Å². The molecule has 0 atom stereocenters. The first kappa shape index (κ1) is 9.51. The van der Waals surface area contributed by atoms with Crippen LogP contribution in [-0.4, -0.2) is 11.0 Å². The zero-order chi connectivity index (χ0) is 9.84. The first-order chi connectivity index (χ1) is 6.13. The molecule has 3 nitrogen and oxygen atoms in total. The summed E-state index contributed by atoms with van der Waals surface area (Å²) in [6.07, 6.45) is 0.264. The lowest BCUT2D eigenvalue weighted by molar-refractivity contribution is 0.317. The number of nitrogens with two attached hydrogens (primary N) is 1. The van der Waals surface area contributed by atoms with Crippen LogP contribution in [0.3, 0.4) is 0 Å². The topological polar surface area (TPSA) is 58.6 Å². The Labute approximate surface area is 75.7 Å². The third-order valence-electron chi connectivity index (χ3n) is 1.81. The molecule has 0 spiro atoms. The molecule has 3 N–H and O–H groups in total. The smallest absolute Gasteiger partial charge is 0.143 e. The second kappa shape index (κ2) is 3.89. The van der Waals surface area contributed by atoms with Crippen molar-refractivity contribution in [3.05, 3.63) is 35.1 Å². The molecule has 0 amide bonds. The lowest BCUT2D eigenvalue weighted by atomic mass is 10.1. The summed E-state index contributed by atoms with van der Waals surface area (Å²) in [5, 5.41) is 11.2. The zero-order valence-electron chi connectivity index (χ0n) is 7.29. The van der Waals surface area contributed by atoms with Gasteiger partial charge in [0.05, 0.1) is 0 Å². The number of halogens is 1. The summed E-state index contributed by atoms with van der Waals surface area (Å²) in [7, 11) is 0. The minimum absolute atomic E-state index is 0.0775. The van der Waals surface area contributed by atoms with Crippen LogP contribution in [-0.2, 0) is 6.42 Å². The maximum atomic E-state index is 12.8. The Morgan fingerprint density at radius 1 is 1.62 bits per heavy atom. The molecule has 0 aliphatic rings. The molecule has 1 aromatic carbocycles. The molecule has 0 aliphatic heterocycles. The Hall–Kier alpha value is -1.58. The quantitative estimate of drug-likeness (QED) is 0.314. The van der Waals surface area contributed by atoms with Crippen LogP contribution in [0.2, 0.25) is 0 Å². The number of hydrogen-bond acceptors (Lipinski definition) is 2. The van der Waals surface area contributed by atoms with Crippen molar-refractivity contribution in [1.29, 1.82) is 0 Å². The van der Waals surface area contributed by atoms with Gasteiger partial charge in [0.2, 0.25) is 0 Å². The number of aryl methyl sites for hydroxylation is 1. The van der Waals surface area contributed by atoms with Gasteiger partial charge in [-0.25, -0.2) is 4.39 Å². The Morgan fingerprint density at radius 2 is 2.31 bits per heavy atom. The van der Waals surface area contributed by atoms with E-state index in [9.17, 15) is 4.39 Å². The number of benzene rings is 1. The monoisotopic (exact) mass is 182 g/mol. The summed E-state index contributed by atoms with van der Waals surface area (Å²) in [6, 6.07) is 4.42. The van der Waals surface area contributed by atoms with E-state index in [4.69, 9.17) is 10.9 Å². The van der Waals surface area contributed by atoms with Gasteiger partial charge in [-0.2, -0.15) is 0 Å². The third-order valence-corrected chi connectivity index (χ3v) is 1.81. The molecule has 0 unspecified atom stereocenters. The van der Waals surface area contributed by atoms with E-state index in [0.29, 0.717) is 0 Å². The predicted molar refractivity (Wildman–Crippen MR) is 48.2 cm³/mol. The van der Waals surface area contributed by atoms with Gasteiger partial charge in [-0.15, -0.1) is 0 Å². The Kier molecular flexibility index (Phi) is 2.84. The molecule has 70 valence electrons. The highest BCUT2D eigenvalue weighted by Gasteiger charge is 2.02. The molecule has 13 heavy (non-hydrogen) atoms. The molecule has 0 fully saturated rings. The summed E-state index contributed by atoms with van der Waals surface area (Å²) in [6.45, 7) is 1.85. The fourth-order valence-corrected chi connectivity index (χ4v) is 1.06. The van der Waals surface area contributed by atoms with E-state index in [2.05, 4.69) is 5.16 Å². The van der Waals surface area contributed by atoms with Gasteiger partial charge in [0.15, 0.2) is 0 Å². The van der Waals surface area contributed by atoms with Gasteiger partial charge in [-0.05, 0) is 30.2 Å². The summed E-state index contributed by atoms with van der Waals surface area (Å²) in [5.74, 6) is -0.236. The summed E-state index contributed by atoms with van der Waals surface area (Å²) < 4.78 is 12.8. The van der Waals surface area contributed by atoms with Crippen LogP contribution in [0.1, 0.15) is 11.1 Å². The maximum Gasteiger partial charge on any atom is 0.143 e. The fourth-order valence-electron chi connectivity index (χ4n) is 1.06. The molecule has 1 aromatic rings. The average molecular weight is 182 g/mol. The van der Waals surface area contributed by atoms with Crippen molar-refractivity contribution in [2.24, 2.45) is 10.9 Å². The van der Waals surface area contributed by atoms with Gasteiger partial charge >= 0.3 is 0 Å². The van der Waals surface area contributed by atoms with Crippen LogP contribution in [0.4, 0.5) is 4.39 Å². The van der Waals surface area contributed by atoms with E-state index in [-0.39, 0.29) is 18.1 Å². The third kappa shape index (κ3) is 2.43. The van der Waals surface area contributed by atoms with E-state index in [0.717, 1.165) is 11.1 Å². The van der Waals surface area contributed by atoms with E-state index in [1.807, 2.05) is 6.92 Å². The second-order valence-corrected chi connectivity index (χ2v) is 2.84. The lowest BCUT2D eigenvalue weighted by Gasteiger charge is -2.03. The molecule has 0 bridgehead atoms. The van der Waals surface area contributed by atoms with Gasteiger partial charge < -0.3 is 10.9 Å². The largest absolute Gasteiger partial charge is 0.409 e. The van der Waals surface area contributed by atoms with Crippen molar-refractivity contribution < 1.29 is 9.60 Å². The standard InChI is InChI=1S/C9H11FN2O/c1-6-2-3-8(10)4-7(6)5-9(11)12-13/h2-4,13H,5H2,1H3,(H2,11,12). The van der Waals surface area contributed by atoms with Crippen LogP contribution >= 0.6 is 0 Å².